The molecule has 0 aliphatic carbocycles. The Balaban J connectivity index is 0.000000162. The Hall–Kier alpha value is -1.00. The van der Waals surface area contributed by atoms with E-state index in [-0.39, 0.29) is 7.43 Å². The summed E-state index contributed by atoms with van der Waals surface area (Å²) in [6.07, 6.45) is 32.0. The molecule has 0 bridgehead atoms. The molecule has 8 heterocycles. The van der Waals surface area contributed by atoms with Crippen LogP contribution in [0, 0.1) is 17.8 Å². The first-order valence-electron chi connectivity index (χ1n) is 21.4. The Kier molecular flexibility index (Phi) is 18.4. The van der Waals surface area contributed by atoms with Crippen LogP contribution < -0.4 is 31.9 Å². The van der Waals surface area contributed by atoms with E-state index >= 15 is 0 Å². The maximum Gasteiger partial charge on any atom is 0.0517 e. The fraction of sp³-hybridized carbons (Fsp3) is 0.905. The van der Waals surface area contributed by atoms with Crippen molar-refractivity contribution in [2.75, 3.05) is 78.7 Å². The van der Waals surface area contributed by atoms with Crippen LogP contribution >= 0.6 is 0 Å². The lowest BCUT2D eigenvalue weighted by Gasteiger charge is -2.36. The van der Waals surface area contributed by atoms with Crippen LogP contribution in [0.5, 0.6) is 0 Å². The second-order valence-corrected chi connectivity index (χ2v) is 17.0. The summed E-state index contributed by atoms with van der Waals surface area (Å²) in [5, 5.41) is 21.2. The van der Waals surface area contributed by atoms with Gasteiger partial charge in [-0.3, -0.25) is 9.80 Å². The molecular formula is C42H80N8. The quantitative estimate of drug-likeness (QED) is 0.165. The third-order valence-electron chi connectivity index (χ3n) is 13.0. The van der Waals surface area contributed by atoms with Crippen molar-refractivity contribution >= 4 is 0 Å². The number of hydrogen-bond acceptors (Lipinski definition) is 8. The second kappa shape index (κ2) is 22.9. The summed E-state index contributed by atoms with van der Waals surface area (Å²) in [7, 11) is 0. The van der Waals surface area contributed by atoms with Crippen LogP contribution in [0.2, 0.25) is 0 Å². The SMILES string of the molecule is C.C1=CCN(CN2C(CC3=CNCCC3)CCC2CC2CCCNC2)C1.C1CNCC(CC2CCCN2)C1.C1CNCC(CC2CCCN2)C1. The molecule has 6 N–H and O–H groups in total. The lowest BCUT2D eigenvalue weighted by molar-refractivity contribution is 0.0912. The van der Waals surface area contributed by atoms with Gasteiger partial charge in [0, 0.05) is 43.8 Å². The average Bonchev–Trinajstić information content (AvgIpc) is 4.00. The molecule has 288 valence electrons. The maximum absolute atomic E-state index is 3.62. The molecule has 8 aliphatic rings. The van der Waals surface area contributed by atoms with Gasteiger partial charge in [-0.15, -0.1) is 0 Å². The van der Waals surface area contributed by atoms with Crippen molar-refractivity contribution in [3.05, 3.63) is 23.9 Å². The van der Waals surface area contributed by atoms with Gasteiger partial charge < -0.3 is 31.9 Å². The Morgan fingerprint density at radius 3 is 1.58 bits per heavy atom. The van der Waals surface area contributed by atoms with Crippen LogP contribution in [0.3, 0.4) is 0 Å². The fourth-order valence-corrected chi connectivity index (χ4v) is 10.2. The normalized spacial score (nSPS) is 34.9. The van der Waals surface area contributed by atoms with Crippen molar-refractivity contribution in [1.82, 2.24) is 41.7 Å². The fourth-order valence-electron chi connectivity index (χ4n) is 10.2. The summed E-state index contributed by atoms with van der Waals surface area (Å²) >= 11 is 0. The first-order chi connectivity index (χ1) is 24.3. The highest BCUT2D eigenvalue weighted by atomic mass is 15.3. The standard InChI is InChI=1S/C21H36N4.2C10H20N2.CH4/c1-2-12-24(11-1)17-25-20(13-18-5-3-9-22-15-18)7-8-21(25)14-19-6-4-10-23-16-19;2*1-3-9(8-11-5-1)7-10-4-2-6-12-10;/h1-2,15,19-23H,3-14,16-17H2;2*9-12H,1-8H2;1H4. The number of rotatable bonds is 10. The van der Waals surface area contributed by atoms with Gasteiger partial charge in [0.1, 0.15) is 0 Å². The number of nitrogens with zero attached hydrogens (tertiary/aromatic N) is 2. The Morgan fingerprint density at radius 1 is 0.560 bits per heavy atom. The number of likely N-dealkylation sites (tertiary alicyclic amines) is 1. The van der Waals surface area contributed by atoms with Gasteiger partial charge in [0.05, 0.1) is 6.67 Å². The molecule has 0 spiro atoms. The summed E-state index contributed by atoms with van der Waals surface area (Å²) in [5.74, 6) is 2.80. The molecule has 6 saturated heterocycles. The predicted molar refractivity (Wildman–Crippen MR) is 214 cm³/mol. The van der Waals surface area contributed by atoms with E-state index in [1.165, 1.54) is 175 Å². The Labute approximate surface area is 308 Å². The predicted octanol–water partition coefficient (Wildman–Crippen LogP) is 5.59. The van der Waals surface area contributed by atoms with Crippen LogP contribution in [0.15, 0.2) is 23.9 Å². The topological polar surface area (TPSA) is 78.7 Å². The zero-order chi connectivity index (χ0) is 33.4. The van der Waals surface area contributed by atoms with Crippen molar-refractivity contribution in [1.29, 1.82) is 0 Å². The smallest absolute Gasteiger partial charge is 0.0517 e. The van der Waals surface area contributed by atoms with E-state index in [1.54, 1.807) is 5.57 Å². The Bertz CT molecular complexity index is 901. The number of hydrogen-bond donors (Lipinski definition) is 6. The summed E-state index contributed by atoms with van der Waals surface area (Å²) in [5.41, 5.74) is 1.65. The molecular weight excluding hydrogens is 617 g/mol. The third kappa shape index (κ3) is 13.8. The minimum absolute atomic E-state index is 0. The van der Waals surface area contributed by atoms with Crippen LogP contribution in [0.25, 0.3) is 0 Å². The van der Waals surface area contributed by atoms with E-state index in [0.717, 1.165) is 61.6 Å². The van der Waals surface area contributed by atoms with Crippen molar-refractivity contribution in [3.63, 3.8) is 0 Å². The first kappa shape index (κ1) is 40.2. The zero-order valence-corrected chi connectivity index (χ0v) is 31.4. The van der Waals surface area contributed by atoms with Gasteiger partial charge in [-0.25, -0.2) is 0 Å². The van der Waals surface area contributed by atoms with Crippen LogP contribution in [-0.4, -0.2) is 113 Å². The minimum Gasteiger partial charge on any atom is -0.391 e. The van der Waals surface area contributed by atoms with Gasteiger partial charge >= 0.3 is 0 Å². The molecule has 0 aromatic rings. The number of nitrogens with one attached hydrogen (secondary N) is 6. The lowest BCUT2D eigenvalue weighted by Crippen LogP contribution is -2.45. The van der Waals surface area contributed by atoms with Gasteiger partial charge in [-0.2, -0.15) is 0 Å². The molecule has 50 heavy (non-hydrogen) atoms. The van der Waals surface area contributed by atoms with Crippen molar-refractivity contribution in [3.8, 4) is 0 Å². The van der Waals surface area contributed by atoms with E-state index in [1.807, 2.05) is 0 Å². The van der Waals surface area contributed by atoms with Crippen molar-refractivity contribution < 1.29 is 0 Å². The zero-order valence-electron chi connectivity index (χ0n) is 31.4. The summed E-state index contributed by atoms with van der Waals surface area (Å²) in [6.45, 7) is 14.6. The minimum atomic E-state index is 0. The van der Waals surface area contributed by atoms with Crippen molar-refractivity contribution in [2.45, 2.75) is 147 Å². The molecule has 0 saturated carbocycles. The molecule has 7 unspecified atom stereocenters. The highest BCUT2D eigenvalue weighted by Crippen LogP contribution is 2.34. The van der Waals surface area contributed by atoms with E-state index in [2.05, 4.69) is 60.1 Å². The summed E-state index contributed by atoms with van der Waals surface area (Å²) in [6, 6.07) is 3.24. The third-order valence-corrected chi connectivity index (χ3v) is 13.0. The Morgan fingerprint density at radius 2 is 1.10 bits per heavy atom. The maximum atomic E-state index is 3.62. The largest absolute Gasteiger partial charge is 0.391 e. The van der Waals surface area contributed by atoms with Gasteiger partial charge in [0.25, 0.3) is 0 Å². The molecule has 6 fully saturated rings. The van der Waals surface area contributed by atoms with Crippen LogP contribution in [-0.2, 0) is 0 Å². The molecule has 0 radical (unpaired) electrons. The number of piperidine rings is 3. The van der Waals surface area contributed by atoms with E-state index in [9.17, 15) is 0 Å². The monoisotopic (exact) mass is 697 g/mol. The summed E-state index contributed by atoms with van der Waals surface area (Å²) < 4.78 is 0. The molecule has 0 aromatic carbocycles. The van der Waals surface area contributed by atoms with Crippen LogP contribution in [0.4, 0.5) is 0 Å². The second-order valence-electron chi connectivity index (χ2n) is 17.0. The molecule has 8 nitrogen and oxygen atoms in total. The van der Waals surface area contributed by atoms with E-state index in [4.69, 9.17) is 0 Å². The van der Waals surface area contributed by atoms with Gasteiger partial charge in [-0.05, 0) is 192 Å². The molecule has 8 heteroatoms. The highest BCUT2D eigenvalue weighted by molar-refractivity contribution is 5.08. The van der Waals surface area contributed by atoms with Crippen molar-refractivity contribution in [2.24, 2.45) is 17.8 Å². The molecule has 8 rings (SSSR count). The average molecular weight is 697 g/mol. The molecule has 0 aromatic heterocycles. The van der Waals surface area contributed by atoms with Gasteiger partial charge in [0.2, 0.25) is 0 Å². The first-order valence-corrected chi connectivity index (χ1v) is 21.4. The summed E-state index contributed by atoms with van der Waals surface area (Å²) in [4.78, 5) is 5.50. The van der Waals surface area contributed by atoms with Gasteiger partial charge in [-0.1, -0.05) is 25.2 Å². The van der Waals surface area contributed by atoms with Gasteiger partial charge in [0.15, 0.2) is 0 Å². The van der Waals surface area contributed by atoms with Crippen LogP contribution in [0.1, 0.15) is 123 Å². The highest BCUT2D eigenvalue weighted by Gasteiger charge is 2.36. The molecule has 7 atom stereocenters. The lowest BCUT2D eigenvalue weighted by atomic mass is 9.91. The van der Waals surface area contributed by atoms with E-state index in [0.29, 0.717) is 0 Å². The van der Waals surface area contributed by atoms with E-state index < -0.39 is 0 Å². The molecule has 8 aliphatic heterocycles. The molecule has 0 amide bonds.